The first-order valence-electron chi connectivity index (χ1n) is 13.1. The molecule has 0 bridgehead atoms. The Morgan fingerprint density at radius 2 is 1.80 bits per heavy atom. The number of Topliss-reactive ketones (excluding diaryl/α,β-unsaturated/α-hetero) is 1. The fraction of sp³-hybridized carbons (Fsp3) is 0.290. The van der Waals surface area contributed by atoms with Crippen molar-refractivity contribution in [3.63, 3.8) is 0 Å². The van der Waals surface area contributed by atoms with E-state index in [-0.39, 0.29) is 29.1 Å². The maximum absolute atomic E-state index is 13.7. The van der Waals surface area contributed by atoms with E-state index in [0.717, 1.165) is 5.56 Å². The zero-order chi connectivity index (χ0) is 28.8. The van der Waals surface area contributed by atoms with Crippen LogP contribution in [0.1, 0.15) is 74.1 Å². The number of hydrogen-bond donors (Lipinski definition) is 2. The summed E-state index contributed by atoms with van der Waals surface area (Å²) >= 11 is 12.9. The number of rotatable bonds is 4. The van der Waals surface area contributed by atoms with Crippen molar-refractivity contribution >= 4 is 52.2 Å². The van der Waals surface area contributed by atoms with Gasteiger partial charge in [-0.1, -0.05) is 43.1 Å². The highest BCUT2D eigenvalue weighted by Gasteiger charge is 2.43. The molecule has 1 aromatic heterocycles. The highest BCUT2D eigenvalue weighted by molar-refractivity contribution is 6.35. The number of halogens is 2. The van der Waals surface area contributed by atoms with Crippen molar-refractivity contribution in [2.75, 3.05) is 10.2 Å². The maximum Gasteiger partial charge on any atom is 0.251 e. The minimum absolute atomic E-state index is 0.0574. The molecule has 2 unspecified atom stereocenters. The number of fused-ring (bicyclic) bond motifs is 1. The van der Waals surface area contributed by atoms with E-state index in [2.05, 4.69) is 15.6 Å². The number of carbonyl (C=O) groups excluding carboxylic acids is 3. The van der Waals surface area contributed by atoms with Crippen molar-refractivity contribution in [2.45, 2.75) is 52.6 Å². The number of nitrogens with one attached hydrogen (secondary N) is 2. The van der Waals surface area contributed by atoms with Crippen LogP contribution in [0.2, 0.25) is 10.0 Å². The number of pyridine rings is 1. The van der Waals surface area contributed by atoms with Crippen LogP contribution in [0.3, 0.4) is 0 Å². The Labute approximate surface area is 243 Å². The molecular formula is C31H30Cl2N4O3. The molecule has 2 aliphatic rings. The second-order valence-corrected chi connectivity index (χ2v) is 12.0. The quantitative estimate of drug-likeness (QED) is 0.347. The maximum atomic E-state index is 13.7. The van der Waals surface area contributed by atoms with E-state index in [4.69, 9.17) is 23.2 Å². The van der Waals surface area contributed by atoms with Crippen molar-refractivity contribution in [3.05, 3.63) is 98.9 Å². The third-order valence-corrected chi connectivity index (χ3v) is 7.97. The van der Waals surface area contributed by atoms with Gasteiger partial charge in [-0.15, -0.1) is 0 Å². The summed E-state index contributed by atoms with van der Waals surface area (Å²) in [5, 5.41) is 7.29. The standard InChI is InChI=1S/C31H30Cl2N4O3/c1-17(19-9-11-34-12-10-19)35-30(40)20-5-8-26-24(13-20)36-25-15-31(3,4)16-27(39)28(25)29(37(26)18(2)38)22-7-6-21(32)14-23(22)33/h5-14,17,29,36H,15-16H2,1-4H3,(H,35,40). The largest absolute Gasteiger partial charge is 0.357 e. The number of amides is 2. The summed E-state index contributed by atoms with van der Waals surface area (Å²) in [6.45, 7) is 7.44. The van der Waals surface area contributed by atoms with E-state index >= 15 is 0 Å². The predicted molar refractivity (Wildman–Crippen MR) is 158 cm³/mol. The number of aromatic nitrogens is 1. The molecule has 3 aromatic rings. The number of nitrogens with zero attached hydrogens (tertiary/aromatic N) is 2. The van der Waals surface area contributed by atoms with Gasteiger partial charge in [0.05, 0.1) is 23.5 Å². The zero-order valence-corrected chi connectivity index (χ0v) is 24.2. The molecule has 5 rings (SSSR count). The Balaban J connectivity index is 1.63. The smallest absolute Gasteiger partial charge is 0.251 e. The van der Waals surface area contributed by atoms with E-state index in [9.17, 15) is 14.4 Å². The van der Waals surface area contributed by atoms with Crippen LogP contribution in [0.15, 0.2) is 72.2 Å². The van der Waals surface area contributed by atoms with E-state index in [1.54, 1.807) is 53.7 Å². The van der Waals surface area contributed by atoms with Crippen LogP contribution < -0.4 is 15.5 Å². The molecule has 2 N–H and O–H groups in total. The van der Waals surface area contributed by atoms with Crippen LogP contribution in [-0.2, 0) is 9.59 Å². The number of ketones is 1. The monoisotopic (exact) mass is 576 g/mol. The first-order valence-corrected chi connectivity index (χ1v) is 13.8. The number of hydrogen-bond acceptors (Lipinski definition) is 5. The van der Waals surface area contributed by atoms with E-state index < -0.39 is 6.04 Å². The first kappa shape index (κ1) is 27.9. The van der Waals surface area contributed by atoms with Crippen molar-refractivity contribution in [2.24, 2.45) is 5.41 Å². The molecule has 0 fully saturated rings. The summed E-state index contributed by atoms with van der Waals surface area (Å²) in [5.74, 6) is -0.592. The average molecular weight is 578 g/mol. The number of carbonyl (C=O) groups is 3. The Bertz CT molecular complexity index is 1550. The number of allylic oxidation sites excluding steroid dienone is 1. The van der Waals surface area contributed by atoms with E-state index in [0.29, 0.717) is 56.7 Å². The zero-order valence-electron chi connectivity index (χ0n) is 22.7. The molecule has 2 atom stereocenters. The van der Waals surface area contributed by atoms with Gasteiger partial charge < -0.3 is 10.6 Å². The third kappa shape index (κ3) is 5.36. The topological polar surface area (TPSA) is 91.4 Å². The lowest BCUT2D eigenvalue weighted by atomic mass is 9.73. The molecule has 0 saturated heterocycles. The molecular weight excluding hydrogens is 547 g/mol. The normalized spacial score (nSPS) is 18.7. The minimum atomic E-state index is -0.763. The SMILES string of the molecule is CC(=O)N1c2ccc(C(=O)NC(C)c3ccncc3)cc2NC2=C(C(=O)CC(C)(C)C2)C1c1ccc(Cl)cc1Cl. The molecule has 7 nitrogen and oxygen atoms in total. The molecule has 2 aromatic carbocycles. The third-order valence-electron chi connectivity index (χ3n) is 7.41. The molecule has 0 spiro atoms. The summed E-state index contributed by atoms with van der Waals surface area (Å²) in [7, 11) is 0. The Morgan fingerprint density at radius 1 is 1.07 bits per heavy atom. The van der Waals surface area contributed by atoms with Crippen molar-refractivity contribution < 1.29 is 14.4 Å². The van der Waals surface area contributed by atoms with Gasteiger partial charge in [0.25, 0.3) is 5.91 Å². The van der Waals surface area contributed by atoms with Gasteiger partial charge in [0.1, 0.15) is 0 Å². The molecule has 0 saturated carbocycles. The lowest BCUT2D eigenvalue weighted by molar-refractivity contribution is -0.118. The Morgan fingerprint density at radius 3 is 2.48 bits per heavy atom. The molecule has 2 heterocycles. The van der Waals surface area contributed by atoms with E-state index in [1.165, 1.54) is 6.92 Å². The fourth-order valence-electron chi connectivity index (χ4n) is 5.57. The number of benzene rings is 2. The van der Waals surface area contributed by atoms with Gasteiger partial charge >= 0.3 is 0 Å². The van der Waals surface area contributed by atoms with Crippen LogP contribution in [0.4, 0.5) is 11.4 Å². The molecule has 0 radical (unpaired) electrons. The summed E-state index contributed by atoms with van der Waals surface area (Å²) in [4.78, 5) is 46.0. The molecule has 1 aliphatic heterocycles. The van der Waals surface area contributed by atoms with Crippen LogP contribution in [0, 0.1) is 5.41 Å². The number of anilines is 2. The summed E-state index contributed by atoms with van der Waals surface area (Å²) in [5.41, 5.74) is 3.97. The summed E-state index contributed by atoms with van der Waals surface area (Å²) in [6.07, 6.45) is 4.28. The van der Waals surface area contributed by atoms with E-state index in [1.807, 2.05) is 32.9 Å². The van der Waals surface area contributed by atoms with Crippen LogP contribution in [0.5, 0.6) is 0 Å². The lowest BCUT2D eigenvalue weighted by Crippen LogP contribution is -2.38. The first-order chi connectivity index (χ1) is 18.9. The Hall–Kier alpha value is -3.68. The van der Waals surface area contributed by atoms with Crippen molar-refractivity contribution in [1.29, 1.82) is 0 Å². The van der Waals surface area contributed by atoms with Gasteiger partial charge in [0, 0.05) is 52.6 Å². The average Bonchev–Trinajstić information content (AvgIpc) is 3.02. The predicted octanol–water partition coefficient (Wildman–Crippen LogP) is 7.04. The van der Waals surface area contributed by atoms with Gasteiger partial charge in [-0.3, -0.25) is 24.3 Å². The van der Waals surface area contributed by atoms with Crippen LogP contribution >= 0.6 is 23.2 Å². The van der Waals surface area contributed by atoms with Crippen LogP contribution in [0.25, 0.3) is 0 Å². The summed E-state index contributed by atoms with van der Waals surface area (Å²) < 4.78 is 0. The van der Waals surface area contributed by atoms with Crippen LogP contribution in [-0.4, -0.2) is 22.6 Å². The van der Waals surface area contributed by atoms with Gasteiger partial charge in [-0.05, 0) is 72.4 Å². The van der Waals surface area contributed by atoms with Gasteiger partial charge in [0.2, 0.25) is 5.91 Å². The molecule has 9 heteroatoms. The fourth-order valence-corrected chi connectivity index (χ4v) is 6.08. The molecule has 2 amide bonds. The van der Waals surface area contributed by atoms with Gasteiger partial charge in [-0.2, -0.15) is 0 Å². The van der Waals surface area contributed by atoms with Gasteiger partial charge in [0.15, 0.2) is 5.78 Å². The second kappa shape index (κ2) is 10.7. The molecule has 206 valence electrons. The summed E-state index contributed by atoms with van der Waals surface area (Å²) in [6, 6.07) is 12.9. The van der Waals surface area contributed by atoms with Crippen molar-refractivity contribution in [3.8, 4) is 0 Å². The Kier molecular flexibility index (Phi) is 7.46. The molecule has 40 heavy (non-hydrogen) atoms. The minimum Gasteiger partial charge on any atom is -0.357 e. The lowest BCUT2D eigenvalue weighted by Gasteiger charge is -2.37. The van der Waals surface area contributed by atoms with Gasteiger partial charge in [-0.25, -0.2) is 0 Å². The second-order valence-electron chi connectivity index (χ2n) is 11.1. The van der Waals surface area contributed by atoms with Crippen molar-refractivity contribution in [1.82, 2.24) is 10.3 Å². The molecule has 1 aliphatic carbocycles. The highest BCUT2D eigenvalue weighted by Crippen LogP contribution is 2.49. The highest BCUT2D eigenvalue weighted by atomic mass is 35.5.